The molecule has 28 nitrogen and oxygen atoms in total. The summed E-state index contributed by atoms with van der Waals surface area (Å²) >= 11 is 0. The van der Waals surface area contributed by atoms with E-state index < -0.39 is 100 Å². The number of aliphatic hydroxyl groups is 1. The smallest absolute Gasteiger partial charge is 0.408 e. The van der Waals surface area contributed by atoms with E-state index in [9.17, 15) is 81.6 Å². The molecule has 3 saturated heterocycles. The van der Waals surface area contributed by atoms with E-state index in [4.69, 9.17) is 19.9 Å². The maximum Gasteiger partial charge on any atom is 0.408 e. The van der Waals surface area contributed by atoms with Crippen LogP contribution in [0.25, 0.3) is 0 Å². The number of carboxylic acid groups (broad SMARTS) is 2. The minimum atomic E-state index is -1.64. The van der Waals surface area contributed by atoms with Gasteiger partial charge in [0.1, 0.15) is 31.5 Å². The third-order valence-electron chi connectivity index (χ3n) is 25.0. The Morgan fingerprint density at radius 1 is 0.423 bits per heavy atom. The Hall–Kier alpha value is -14.2. The van der Waals surface area contributed by atoms with Crippen LogP contribution in [0.5, 0.6) is 0 Å². The van der Waals surface area contributed by atoms with Gasteiger partial charge in [0.05, 0.1) is 78.4 Å². The number of nitrogens with zero attached hydrogens (tertiary/aromatic N) is 3. The van der Waals surface area contributed by atoms with Crippen LogP contribution in [0, 0.1) is 11.6 Å². The highest BCUT2D eigenvalue weighted by Gasteiger charge is 2.48. The van der Waals surface area contributed by atoms with Gasteiger partial charge in [0, 0.05) is 53.5 Å². The van der Waals surface area contributed by atoms with Crippen molar-refractivity contribution in [1.29, 1.82) is 0 Å². The lowest BCUT2D eigenvalue weighted by Crippen LogP contribution is -2.58. The summed E-state index contributed by atoms with van der Waals surface area (Å²) in [7, 11) is 5.92. The fourth-order valence-electron chi connectivity index (χ4n) is 16.6. The van der Waals surface area contributed by atoms with E-state index in [0.717, 1.165) is 88.5 Å². The quantitative estimate of drug-likeness (QED) is 0.0102. The molecule has 3 aliphatic rings. The summed E-state index contributed by atoms with van der Waals surface area (Å²) in [6.07, 6.45) is 0.784. The summed E-state index contributed by atoms with van der Waals surface area (Å²) < 4.78 is 43.4. The average molecular weight is 1950 g/mol. The van der Waals surface area contributed by atoms with Gasteiger partial charge in [-0.15, -0.1) is 13.2 Å². The van der Waals surface area contributed by atoms with Gasteiger partial charge in [0.15, 0.2) is 0 Å². The zero-order valence-corrected chi connectivity index (χ0v) is 83.9. The first-order valence-corrected chi connectivity index (χ1v) is 47.3. The minimum absolute atomic E-state index is 0.00275. The number of piperidine rings is 3. The summed E-state index contributed by atoms with van der Waals surface area (Å²) in [5, 5.41) is 44.2. The van der Waals surface area contributed by atoms with Gasteiger partial charge in [-0.2, -0.15) is 0 Å². The van der Waals surface area contributed by atoms with Crippen LogP contribution in [-0.2, 0) is 111 Å². The number of rotatable bonds is 34. The third kappa shape index (κ3) is 33.5. The fourth-order valence-corrected chi connectivity index (χ4v) is 16.6. The topological polar surface area (TPSA) is 415 Å². The van der Waals surface area contributed by atoms with Gasteiger partial charge in [-0.25, -0.2) is 23.2 Å². The molecule has 12 rings (SSSR count). The number of amides is 10. The summed E-state index contributed by atoms with van der Waals surface area (Å²) in [6, 6.07) is 68.6. The summed E-state index contributed by atoms with van der Waals surface area (Å²) in [5.74, 6) is -4.76. The number of benzene rings is 9. The predicted octanol–water partition coefficient (Wildman–Crippen LogP) is 17.8. The van der Waals surface area contributed by atoms with Crippen molar-refractivity contribution in [3.63, 3.8) is 0 Å². The molecule has 9 aromatic rings. The number of carbonyl (C=O) groups excluding carboxylic acids is 10. The molecule has 758 valence electrons. The molecule has 0 saturated carbocycles. The van der Waals surface area contributed by atoms with Crippen LogP contribution in [0.2, 0.25) is 0 Å². The summed E-state index contributed by atoms with van der Waals surface area (Å²) in [5.41, 5.74) is 17.5. The Morgan fingerprint density at radius 3 is 1.10 bits per heavy atom. The number of likely N-dealkylation sites (tertiary alicyclic amines) is 3. The second kappa shape index (κ2) is 54.0. The number of aliphatic hydroxyl groups excluding tert-OH is 1. The van der Waals surface area contributed by atoms with Gasteiger partial charge in [0.2, 0.25) is 41.4 Å². The number of ether oxygens (including phenoxy) is 3. The highest BCUT2D eigenvalue weighted by atomic mass is 19.1. The predicted molar refractivity (Wildman–Crippen MR) is 541 cm³/mol. The van der Waals surface area contributed by atoms with Crippen molar-refractivity contribution in [3.8, 4) is 0 Å². The van der Waals surface area contributed by atoms with Gasteiger partial charge >= 0.3 is 30.2 Å². The SMILES string of the molecule is C=CCC(CC=C)(NC(=O)OCc1ccccc1)c1cccc(C(C)C)c1.CC(=O)N[C@@H](Cc1cc(F)cc(F)c1)[C@H](O)CNC1(c2cccc(C(C)C)c2)CC(=O)N(C)C(=O)C1.CC(C)c1cccc(C(CC(=O)O)(CC(=O)O)NC(=O)OCc2ccccc2)c1.CC(C)c1cccc(C2(N)CC(=O)N(C)C(=O)C2)c1.CC(C)c1cccc(C2(NC(=O)OCc3ccccc3)CC(=O)N(C)C(=O)C2)c1.CN. The molecule has 3 heterocycles. The van der Waals surface area contributed by atoms with Crippen molar-refractivity contribution < 1.29 is 95.8 Å². The Labute approximate surface area is 831 Å². The fraction of sp³-hybridized carbons (Fsp3) is 0.375. The molecule has 0 spiro atoms. The first kappa shape index (κ1) is 115. The van der Waals surface area contributed by atoms with E-state index >= 15 is 0 Å². The molecule has 3 aliphatic heterocycles. The average Bonchev–Trinajstić information content (AvgIpc) is 0.765. The van der Waals surface area contributed by atoms with Crippen LogP contribution < -0.4 is 38.1 Å². The number of carbonyl (C=O) groups is 12. The highest BCUT2D eigenvalue weighted by molar-refractivity contribution is 6.01. The Balaban J connectivity index is 0.000000243. The van der Waals surface area contributed by atoms with E-state index in [2.05, 4.69) is 99.2 Å². The number of halogens is 2. The molecule has 9 aromatic carbocycles. The molecule has 0 unspecified atom stereocenters. The Morgan fingerprint density at radius 2 is 0.739 bits per heavy atom. The standard InChI is InChI=1S/C27H33F2N3O4.C24H29NO2.C23H26N2O4.C22H25NO6.C15H20N2O2.CH5N/c1-16(2)19-6-5-7-20(11-19)27(13-25(35)32(4)26(36)14-27)30-15-24(34)23(31-17(3)33)10-18-8-21(28)12-22(29)9-18;1-5-15-24(16-6-2,22-14-10-13-21(17-22)19(3)4)25-23(26)27-18-20-11-8-7-9-12-20;1-16(2)18-10-7-11-19(12-18)23(13-20(26)25(3)21(27)14-23)24-22(28)29-15-17-8-5-4-6-9-17;1-15(2)17-9-6-10-18(11-17)22(12-19(24)25,13-20(26)27)23-21(28)29-14-16-7-4-3-5-8-16;1-10(2)11-5-4-6-12(7-11)15(16)8-13(18)17(3)14(19)9-15;1-2/h5-9,11-12,16,23-24,30,34H,10,13-15H2,1-4H3,(H,31,33);5-14,17,19H,1-2,15-16,18H2,3-4H3,(H,25,26);4-12,16H,13-15H2,1-3H3,(H,24,28);3-11,15H,12-14H2,1-2H3,(H,23,28)(H,24,25)(H,26,27);4-7,10H,8-9,16H2,1-3H3;2H2,1H3/t23-,24+;;;;;/m0...../s1. The molecule has 0 aromatic heterocycles. The normalized spacial score (nSPS) is 14.6. The van der Waals surface area contributed by atoms with Gasteiger partial charge in [-0.05, 0) is 146 Å². The zero-order chi connectivity index (χ0) is 105. The van der Waals surface area contributed by atoms with Crippen LogP contribution in [0.1, 0.15) is 248 Å². The third-order valence-corrected chi connectivity index (χ3v) is 25.0. The van der Waals surface area contributed by atoms with E-state index in [1.165, 1.54) is 46.2 Å². The maximum absolute atomic E-state index is 13.7. The van der Waals surface area contributed by atoms with E-state index in [-0.39, 0.29) is 130 Å². The lowest BCUT2D eigenvalue weighted by molar-refractivity contribution is -0.151. The highest BCUT2D eigenvalue weighted by Crippen LogP contribution is 2.41. The van der Waals surface area contributed by atoms with Crippen molar-refractivity contribution in [2.24, 2.45) is 11.5 Å². The van der Waals surface area contributed by atoms with Crippen molar-refractivity contribution in [3.05, 3.63) is 345 Å². The number of carboxylic acids is 2. The van der Waals surface area contributed by atoms with Crippen LogP contribution in [-0.4, -0.2) is 148 Å². The maximum atomic E-state index is 13.7. The molecule has 12 N–H and O–H groups in total. The number of nitrogens with one attached hydrogen (secondary N) is 5. The zero-order valence-electron chi connectivity index (χ0n) is 83.9. The monoisotopic (exact) mass is 1950 g/mol. The van der Waals surface area contributed by atoms with E-state index in [1.807, 2.05) is 198 Å². The van der Waals surface area contributed by atoms with Crippen molar-refractivity contribution in [2.75, 3.05) is 34.7 Å². The van der Waals surface area contributed by atoms with Crippen LogP contribution in [0.4, 0.5) is 23.2 Å². The second-order valence-electron chi connectivity index (χ2n) is 37.4. The van der Waals surface area contributed by atoms with Gasteiger partial charge in [0.25, 0.3) is 0 Å². The number of alkyl carbamates (subject to hydrolysis) is 3. The molecule has 0 bridgehead atoms. The van der Waals surface area contributed by atoms with Crippen molar-refractivity contribution in [1.82, 2.24) is 41.3 Å². The largest absolute Gasteiger partial charge is 0.481 e. The number of hydrogen-bond acceptors (Lipinski definition) is 19. The van der Waals surface area contributed by atoms with Gasteiger partial charge in [-0.3, -0.25) is 57.9 Å². The Bertz CT molecular complexity index is 5720. The lowest BCUT2D eigenvalue weighted by atomic mass is 9.78. The molecule has 10 amide bonds. The van der Waals surface area contributed by atoms with Crippen molar-refractivity contribution in [2.45, 2.75) is 236 Å². The van der Waals surface area contributed by atoms with Crippen LogP contribution in [0.15, 0.2) is 256 Å². The van der Waals surface area contributed by atoms with Crippen LogP contribution >= 0.6 is 0 Å². The number of hydrogen-bond donors (Lipinski definition) is 10. The van der Waals surface area contributed by atoms with Crippen LogP contribution in [0.3, 0.4) is 0 Å². The van der Waals surface area contributed by atoms with Gasteiger partial charge < -0.3 is 67.6 Å². The van der Waals surface area contributed by atoms with Crippen molar-refractivity contribution >= 4 is 71.6 Å². The van der Waals surface area contributed by atoms with E-state index in [1.54, 1.807) is 42.5 Å². The van der Waals surface area contributed by atoms with Gasteiger partial charge in [-0.1, -0.05) is 294 Å². The molecule has 0 radical (unpaired) electrons. The first-order chi connectivity index (χ1) is 67.3. The molecule has 142 heavy (non-hydrogen) atoms. The minimum Gasteiger partial charge on any atom is -0.481 e. The number of imide groups is 3. The summed E-state index contributed by atoms with van der Waals surface area (Å²) in [4.78, 5) is 150. The molecule has 3 fully saturated rings. The molecule has 2 atom stereocenters. The molecular formula is C112H138F2N10O18. The number of aliphatic carboxylic acids is 2. The second-order valence-corrected chi connectivity index (χ2v) is 37.4. The number of nitrogens with two attached hydrogens (primary N) is 2. The molecule has 30 heteroatoms. The molecule has 0 aliphatic carbocycles. The molecular weight excluding hydrogens is 1810 g/mol. The first-order valence-electron chi connectivity index (χ1n) is 47.3. The Kier molecular flexibility index (Phi) is 43.6. The summed E-state index contributed by atoms with van der Waals surface area (Å²) in [6.45, 7) is 30.0. The lowest BCUT2D eigenvalue weighted by Gasteiger charge is -2.41. The van der Waals surface area contributed by atoms with E-state index in [0.29, 0.717) is 30.2 Å².